The van der Waals surface area contributed by atoms with Crippen LogP contribution in [0.15, 0.2) is 42.5 Å². The van der Waals surface area contributed by atoms with Crippen molar-refractivity contribution in [1.82, 2.24) is 15.0 Å². The second-order valence-corrected chi connectivity index (χ2v) is 5.98. The summed E-state index contributed by atoms with van der Waals surface area (Å²) in [5, 5.41) is 28.6. The van der Waals surface area contributed by atoms with Gasteiger partial charge >= 0.3 is 5.97 Å². The summed E-state index contributed by atoms with van der Waals surface area (Å²) in [6, 6.07) is 8.33. The average Bonchev–Trinajstić information content (AvgIpc) is 3.09. The van der Waals surface area contributed by atoms with Crippen LogP contribution in [0.1, 0.15) is 18.1 Å². The highest BCUT2D eigenvalue weighted by Gasteiger charge is 2.17. The van der Waals surface area contributed by atoms with Crippen LogP contribution in [0.3, 0.4) is 0 Å². The number of esters is 1. The molecule has 0 spiro atoms. The lowest BCUT2D eigenvalue weighted by atomic mass is 10.1. The number of aromatic hydroxyl groups is 1. The number of hydrogen-bond donors (Lipinski definition) is 2. The Morgan fingerprint density at radius 2 is 1.96 bits per heavy atom. The molecule has 2 aromatic carbocycles. The number of rotatable bonds is 6. The number of carbonyl (C=O) groups is 1. The van der Waals surface area contributed by atoms with Crippen LogP contribution in [0.2, 0.25) is 0 Å². The molecule has 0 saturated carbocycles. The van der Waals surface area contributed by atoms with Crippen molar-refractivity contribution in [2.24, 2.45) is 0 Å². The van der Waals surface area contributed by atoms with E-state index in [1.807, 2.05) is 0 Å². The summed E-state index contributed by atoms with van der Waals surface area (Å²) in [4.78, 5) is 12.9. The first kappa shape index (κ1) is 18.4. The van der Waals surface area contributed by atoms with E-state index in [2.05, 4.69) is 16.8 Å². The highest BCUT2D eigenvalue weighted by Crippen LogP contribution is 2.32. The summed E-state index contributed by atoms with van der Waals surface area (Å²) < 4.78 is 10.4. The molecule has 0 aliphatic rings. The maximum Gasteiger partial charge on any atom is 0.333 e. The standard InChI is InChI=1S/C19H19N3O5/c1-11(2)19(25)27-10-13-7-14(26-3)8-17(18(13)24)22-20-15-5-4-12(9-23)6-16(15)21-22/h4-8,23-24H,1,9-10H2,2-3H3. The molecule has 0 bridgehead atoms. The molecule has 0 atom stereocenters. The summed E-state index contributed by atoms with van der Waals surface area (Å²) in [5.41, 5.74) is 2.76. The van der Waals surface area contributed by atoms with Gasteiger partial charge in [0.25, 0.3) is 0 Å². The fourth-order valence-electron chi connectivity index (χ4n) is 2.46. The molecule has 27 heavy (non-hydrogen) atoms. The zero-order valence-corrected chi connectivity index (χ0v) is 15.0. The van der Waals surface area contributed by atoms with Gasteiger partial charge in [0.2, 0.25) is 0 Å². The highest BCUT2D eigenvalue weighted by atomic mass is 16.5. The van der Waals surface area contributed by atoms with Crippen LogP contribution in [-0.4, -0.2) is 38.3 Å². The Hall–Kier alpha value is -3.39. The Balaban J connectivity index is 2.02. The number of methoxy groups -OCH3 is 1. The number of aliphatic hydroxyl groups excluding tert-OH is 1. The number of phenols is 1. The van der Waals surface area contributed by atoms with Crippen molar-refractivity contribution in [2.45, 2.75) is 20.1 Å². The fourth-order valence-corrected chi connectivity index (χ4v) is 2.46. The van der Waals surface area contributed by atoms with Crippen molar-refractivity contribution in [2.75, 3.05) is 7.11 Å². The van der Waals surface area contributed by atoms with E-state index < -0.39 is 5.97 Å². The number of aromatic nitrogens is 3. The van der Waals surface area contributed by atoms with Crippen LogP contribution in [-0.2, 0) is 22.7 Å². The van der Waals surface area contributed by atoms with E-state index in [0.717, 1.165) is 0 Å². The summed E-state index contributed by atoms with van der Waals surface area (Å²) in [6.45, 7) is 4.80. The van der Waals surface area contributed by atoms with Crippen LogP contribution >= 0.6 is 0 Å². The largest absolute Gasteiger partial charge is 0.505 e. The van der Waals surface area contributed by atoms with Gasteiger partial charge in [0.15, 0.2) is 0 Å². The topological polar surface area (TPSA) is 107 Å². The van der Waals surface area contributed by atoms with Crippen LogP contribution in [0, 0.1) is 0 Å². The Morgan fingerprint density at radius 3 is 2.63 bits per heavy atom. The first-order valence-electron chi connectivity index (χ1n) is 8.12. The maximum absolute atomic E-state index is 11.6. The lowest BCUT2D eigenvalue weighted by Crippen LogP contribution is -2.07. The smallest absolute Gasteiger partial charge is 0.333 e. The Bertz CT molecular complexity index is 1030. The molecule has 0 radical (unpaired) electrons. The molecule has 0 saturated heterocycles. The highest BCUT2D eigenvalue weighted by molar-refractivity contribution is 5.87. The molecule has 8 nitrogen and oxygen atoms in total. The molecule has 8 heteroatoms. The monoisotopic (exact) mass is 369 g/mol. The average molecular weight is 369 g/mol. The van der Waals surface area contributed by atoms with E-state index in [0.29, 0.717) is 27.9 Å². The predicted molar refractivity (Wildman–Crippen MR) is 97.6 cm³/mol. The number of carbonyl (C=O) groups excluding carboxylic acids is 1. The normalized spacial score (nSPS) is 10.8. The lowest BCUT2D eigenvalue weighted by Gasteiger charge is -2.12. The minimum Gasteiger partial charge on any atom is -0.505 e. The van der Waals surface area contributed by atoms with E-state index in [9.17, 15) is 15.0 Å². The molecule has 0 unspecified atom stereocenters. The SMILES string of the molecule is C=C(C)C(=O)OCc1cc(OC)cc(-n2nc3ccc(CO)cc3n2)c1O. The number of ether oxygens (including phenoxy) is 2. The number of phenolic OH excluding ortho intramolecular Hbond substituents is 1. The van der Waals surface area contributed by atoms with Crippen LogP contribution in [0.25, 0.3) is 16.7 Å². The lowest BCUT2D eigenvalue weighted by molar-refractivity contribution is -0.140. The molecule has 3 rings (SSSR count). The molecule has 0 amide bonds. The molecule has 0 aliphatic heterocycles. The number of hydrogen-bond acceptors (Lipinski definition) is 7. The van der Waals surface area contributed by atoms with Gasteiger partial charge in [-0.15, -0.1) is 15.0 Å². The third-order valence-electron chi connectivity index (χ3n) is 3.93. The van der Waals surface area contributed by atoms with Gasteiger partial charge in [-0.05, 0) is 30.7 Å². The number of benzene rings is 2. The van der Waals surface area contributed by atoms with Gasteiger partial charge in [-0.25, -0.2) is 4.79 Å². The van der Waals surface area contributed by atoms with Gasteiger partial charge in [-0.2, -0.15) is 0 Å². The molecule has 140 valence electrons. The first-order valence-corrected chi connectivity index (χ1v) is 8.12. The third-order valence-corrected chi connectivity index (χ3v) is 3.93. The molecule has 1 aromatic heterocycles. The third kappa shape index (κ3) is 3.75. The van der Waals surface area contributed by atoms with Crippen LogP contribution < -0.4 is 4.74 Å². The summed E-state index contributed by atoms with van der Waals surface area (Å²) in [6.07, 6.45) is 0. The molecule has 3 aromatic rings. The van der Waals surface area contributed by atoms with Gasteiger partial charge in [0.1, 0.15) is 34.8 Å². The number of nitrogens with zero attached hydrogens (tertiary/aromatic N) is 3. The van der Waals surface area contributed by atoms with Gasteiger partial charge in [0.05, 0.1) is 13.7 Å². The van der Waals surface area contributed by atoms with Crippen molar-refractivity contribution < 1.29 is 24.5 Å². The van der Waals surface area contributed by atoms with Gasteiger partial charge in [-0.3, -0.25) is 0 Å². The number of aliphatic hydroxyl groups is 1. The van der Waals surface area contributed by atoms with Crippen molar-refractivity contribution >= 4 is 17.0 Å². The summed E-state index contributed by atoms with van der Waals surface area (Å²) >= 11 is 0. The zero-order valence-electron chi connectivity index (χ0n) is 15.0. The van der Waals surface area contributed by atoms with Gasteiger partial charge < -0.3 is 19.7 Å². The minimum atomic E-state index is -0.557. The first-order chi connectivity index (χ1) is 12.9. The van der Waals surface area contributed by atoms with E-state index in [-0.39, 0.29) is 30.2 Å². The van der Waals surface area contributed by atoms with E-state index >= 15 is 0 Å². The minimum absolute atomic E-state index is 0.106. The zero-order chi connectivity index (χ0) is 19.6. The van der Waals surface area contributed by atoms with E-state index in [1.54, 1.807) is 37.3 Å². The van der Waals surface area contributed by atoms with Crippen molar-refractivity contribution in [3.05, 3.63) is 53.6 Å². The Kier molecular flexibility index (Phi) is 5.09. The van der Waals surface area contributed by atoms with Crippen molar-refractivity contribution in [3.63, 3.8) is 0 Å². The molecule has 2 N–H and O–H groups in total. The quantitative estimate of drug-likeness (QED) is 0.507. The van der Waals surface area contributed by atoms with Crippen LogP contribution in [0.4, 0.5) is 0 Å². The summed E-state index contributed by atoms with van der Waals surface area (Å²) in [5.74, 6) is -0.243. The van der Waals surface area contributed by atoms with Gasteiger partial charge in [-0.1, -0.05) is 12.6 Å². The predicted octanol–water partition coefficient (Wildman–Crippen LogP) is 2.25. The molecule has 1 heterocycles. The molecular weight excluding hydrogens is 350 g/mol. The van der Waals surface area contributed by atoms with Crippen molar-refractivity contribution in [3.8, 4) is 17.2 Å². The second-order valence-electron chi connectivity index (χ2n) is 5.98. The van der Waals surface area contributed by atoms with E-state index in [4.69, 9.17) is 9.47 Å². The van der Waals surface area contributed by atoms with Gasteiger partial charge in [0, 0.05) is 17.2 Å². The Labute approximate surface area is 155 Å². The van der Waals surface area contributed by atoms with E-state index in [1.165, 1.54) is 11.9 Å². The summed E-state index contributed by atoms with van der Waals surface area (Å²) in [7, 11) is 1.49. The maximum atomic E-state index is 11.6. The van der Waals surface area contributed by atoms with Crippen molar-refractivity contribution in [1.29, 1.82) is 0 Å². The van der Waals surface area contributed by atoms with Crippen LogP contribution in [0.5, 0.6) is 11.5 Å². The Morgan fingerprint density at radius 1 is 1.22 bits per heavy atom. The molecular formula is C19H19N3O5. The second kappa shape index (κ2) is 7.46. The molecule has 0 aliphatic carbocycles. The molecule has 0 fully saturated rings. The number of fused-ring (bicyclic) bond motifs is 1. The fraction of sp³-hybridized carbons (Fsp3) is 0.211.